The first-order valence-electron chi connectivity index (χ1n) is 10.8. The molecule has 9 heteroatoms. The van der Waals surface area contributed by atoms with Crippen molar-refractivity contribution in [2.24, 2.45) is 5.41 Å². The van der Waals surface area contributed by atoms with E-state index < -0.39 is 12.3 Å². The third-order valence-electron chi connectivity index (χ3n) is 6.15. The van der Waals surface area contributed by atoms with E-state index in [0.29, 0.717) is 22.7 Å². The molecule has 0 amide bonds. The molecule has 6 nitrogen and oxygen atoms in total. The second kappa shape index (κ2) is 8.28. The number of fused-ring (bicyclic) bond motifs is 1. The van der Waals surface area contributed by atoms with Gasteiger partial charge in [0.15, 0.2) is 0 Å². The second-order valence-electron chi connectivity index (χ2n) is 9.38. The van der Waals surface area contributed by atoms with Crippen molar-refractivity contribution in [3.05, 3.63) is 47.5 Å². The van der Waals surface area contributed by atoms with E-state index in [1.54, 1.807) is 13.0 Å². The van der Waals surface area contributed by atoms with Gasteiger partial charge in [0.05, 0.1) is 16.6 Å². The number of hydrogen-bond donors (Lipinski definition) is 2. The molecule has 1 heterocycles. The predicted octanol–water partition coefficient (Wildman–Crippen LogP) is 6.83. The minimum Gasteiger partial charge on any atom is -0.478 e. The molecule has 0 bridgehead atoms. The van der Waals surface area contributed by atoms with Crippen molar-refractivity contribution in [1.82, 2.24) is 9.55 Å². The summed E-state index contributed by atoms with van der Waals surface area (Å²) in [6.07, 6.45) is -0.669. The minimum absolute atomic E-state index is 0.156. The third kappa shape index (κ3) is 5.07. The van der Waals surface area contributed by atoms with E-state index in [1.807, 2.05) is 6.07 Å². The van der Waals surface area contributed by atoms with Crippen molar-refractivity contribution in [2.45, 2.75) is 58.9 Å². The molecule has 0 radical (unpaired) electrons. The number of ether oxygens (including phenoxy) is 1. The molecule has 2 aromatic carbocycles. The van der Waals surface area contributed by atoms with E-state index in [2.05, 4.69) is 33.5 Å². The summed E-state index contributed by atoms with van der Waals surface area (Å²) in [4.78, 5) is 16.3. The maximum absolute atomic E-state index is 12.5. The van der Waals surface area contributed by atoms with Crippen LogP contribution in [0.5, 0.6) is 5.75 Å². The van der Waals surface area contributed by atoms with Gasteiger partial charge in [-0.1, -0.05) is 20.3 Å². The molecular formula is C24H26F3N3O3. The zero-order chi connectivity index (χ0) is 24.0. The Morgan fingerprint density at radius 1 is 1.24 bits per heavy atom. The fourth-order valence-corrected chi connectivity index (χ4v) is 4.68. The quantitative estimate of drug-likeness (QED) is 0.436. The molecule has 176 valence electrons. The highest BCUT2D eigenvalue weighted by atomic mass is 19.4. The fraction of sp³-hybridized carbons (Fsp3) is 0.417. The van der Waals surface area contributed by atoms with Crippen LogP contribution in [0.4, 0.5) is 24.8 Å². The Bertz CT molecular complexity index is 1180. The van der Waals surface area contributed by atoms with Crippen LogP contribution in [-0.2, 0) is 0 Å². The topological polar surface area (TPSA) is 76.4 Å². The van der Waals surface area contributed by atoms with Gasteiger partial charge in [0.2, 0.25) is 5.95 Å². The summed E-state index contributed by atoms with van der Waals surface area (Å²) in [7, 11) is 0. The first-order chi connectivity index (χ1) is 15.4. The van der Waals surface area contributed by atoms with E-state index in [9.17, 15) is 23.1 Å². The van der Waals surface area contributed by atoms with Gasteiger partial charge in [-0.25, -0.2) is 9.78 Å². The van der Waals surface area contributed by atoms with Gasteiger partial charge in [-0.3, -0.25) is 0 Å². The van der Waals surface area contributed by atoms with E-state index in [-0.39, 0.29) is 22.8 Å². The van der Waals surface area contributed by atoms with Gasteiger partial charge in [-0.15, -0.1) is 13.2 Å². The van der Waals surface area contributed by atoms with Crippen LogP contribution in [0.2, 0.25) is 0 Å². The molecule has 1 aliphatic rings. The van der Waals surface area contributed by atoms with Crippen LogP contribution >= 0.6 is 0 Å². The summed E-state index contributed by atoms with van der Waals surface area (Å²) in [5.74, 6) is -0.797. The molecule has 0 saturated heterocycles. The van der Waals surface area contributed by atoms with Crippen molar-refractivity contribution >= 4 is 28.6 Å². The smallest absolute Gasteiger partial charge is 0.478 e. The average molecular weight is 461 g/mol. The summed E-state index contributed by atoms with van der Waals surface area (Å²) >= 11 is 0. The molecule has 1 fully saturated rings. The highest BCUT2D eigenvalue weighted by molar-refractivity contribution is 5.95. The highest BCUT2D eigenvalue weighted by Gasteiger charge is 2.32. The van der Waals surface area contributed by atoms with E-state index >= 15 is 0 Å². The Labute approximate surface area is 189 Å². The van der Waals surface area contributed by atoms with E-state index in [0.717, 1.165) is 31.2 Å². The highest BCUT2D eigenvalue weighted by Crippen LogP contribution is 2.44. The van der Waals surface area contributed by atoms with Crippen LogP contribution in [0.15, 0.2) is 36.4 Å². The molecular weight excluding hydrogens is 435 g/mol. The molecule has 0 aliphatic heterocycles. The normalized spacial score (nSPS) is 18.3. The van der Waals surface area contributed by atoms with E-state index in [4.69, 9.17) is 0 Å². The molecule has 4 rings (SSSR count). The number of carbonyl (C=O) groups is 1. The number of hydrogen-bond acceptors (Lipinski definition) is 4. The molecule has 33 heavy (non-hydrogen) atoms. The lowest BCUT2D eigenvalue weighted by atomic mass is 9.75. The standard InChI is InChI=1S/C24H26F3N3O3/c1-14-11-20-19(12-18(14)21(31)32)29-22(30(20)16-5-4-10-23(2,3)13-16)28-15-6-8-17(9-7-15)33-24(25,26)27/h6-9,11-12,16H,4-5,10,13H2,1-3H3,(H,28,29)(H,31,32)/t16-/m0/s1. The lowest BCUT2D eigenvalue weighted by molar-refractivity contribution is -0.274. The number of carboxylic acids is 1. The Kier molecular flexibility index (Phi) is 5.76. The molecule has 3 aromatic rings. The number of aromatic nitrogens is 2. The second-order valence-corrected chi connectivity index (χ2v) is 9.38. The SMILES string of the molecule is Cc1cc2c(cc1C(=O)O)nc(Nc1ccc(OC(F)(F)F)cc1)n2[C@H]1CCCC(C)(C)C1. The van der Waals surface area contributed by atoms with Crippen LogP contribution in [-0.4, -0.2) is 27.0 Å². The number of carboxylic acid groups (broad SMARTS) is 1. The van der Waals surface area contributed by atoms with Gasteiger partial charge in [0.1, 0.15) is 5.75 Å². The number of imidazole rings is 1. The summed E-state index contributed by atoms with van der Waals surface area (Å²) in [5, 5.41) is 12.7. The maximum Gasteiger partial charge on any atom is 0.573 e. The number of anilines is 2. The van der Waals surface area contributed by atoms with Crippen LogP contribution in [0, 0.1) is 12.3 Å². The lowest BCUT2D eigenvalue weighted by Gasteiger charge is -2.36. The van der Waals surface area contributed by atoms with Gasteiger partial charge in [0, 0.05) is 11.7 Å². The molecule has 2 N–H and O–H groups in total. The van der Waals surface area contributed by atoms with Crippen LogP contribution in [0.3, 0.4) is 0 Å². The van der Waals surface area contributed by atoms with Crippen LogP contribution in [0.1, 0.15) is 61.5 Å². The van der Waals surface area contributed by atoms with Crippen LogP contribution in [0.25, 0.3) is 11.0 Å². The molecule has 0 spiro atoms. The number of benzene rings is 2. The zero-order valence-corrected chi connectivity index (χ0v) is 18.7. The fourth-order valence-electron chi connectivity index (χ4n) is 4.68. The van der Waals surface area contributed by atoms with E-state index in [1.165, 1.54) is 24.3 Å². The number of aromatic carboxylic acids is 1. The van der Waals surface area contributed by atoms with Crippen molar-refractivity contribution in [3.8, 4) is 5.75 Å². The van der Waals surface area contributed by atoms with Gasteiger partial charge >= 0.3 is 12.3 Å². The first kappa shape index (κ1) is 22.9. The Hall–Kier alpha value is -3.23. The third-order valence-corrected chi connectivity index (χ3v) is 6.15. The zero-order valence-electron chi connectivity index (χ0n) is 18.7. The number of nitrogens with one attached hydrogen (secondary N) is 1. The molecule has 1 aliphatic carbocycles. The Morgan fingerprint density at radius 2 is 1.94 bits per heavy atom. The first-order valence-corrected chi connectivity index (χ1v) is 10.8. The van der Waals surface area contributed by atoms with Crippen LogP contribution < -0.4 is 10.1 Å². The predicted molar refractivity (Wildman–Crippen MR) is 119 cm³/mol. The molecule has 1 atom stereocenters. The number of halogens is 3. The van der Waals surface area contributed by atoms with Crippen molar-refractivity contribution in [1.29, 1.82) is 0 Å². The number of aryl methyl sites for hydroxylation is 1. The Balaban J connectivity index is 1.75. The monoisotopic (exact) mass is 461 g/mol. The summed E-state index contributed by atoms with van der Waals surface area (Å²) < 4.78 is 43.4. The van der Waals surface area contributed by atoms with Crippen molar-refractivity contribution in [3.63, 3.8) is 0 Å². The van der Waals surface area contributed by atoms with Gasteiger partial charge < -0.3 is 19.7 Å². The maximum atomic E-state index is 12.5. The van der Waals surface area contributed by atoms with Gasteiger partial charge in [0.25, 0.3) is 0 Å². The van der Waals surface area contributed by atoms with Gasteiger partial charge in [-0.05, 0) is 73.6 Å². The largest absolute Gasteiger partial charge is 0.573 e. The molecule has 1 aromatic heterocycles. The number of alkyl halides is 3. The molecule has 0 unspecified atom stereocenters. The average Bonchev–Trinajstić information content (AvgIpc) is 3.03. The van der Waals surface area contributed by atoms with Gasteiger partial charge in [-0.2, -0.15) is 0 Å². The summed E-state index contributed by atoms with van der Waals surface area (Å²) in [6.45, 7) is 6.23. The molecule has 1 saturated carbocycles. The summed E-state index contributed by atoms with van der Waals surface area (Å²) in [6, 6.07) is 9.02. The number of nitrogens with zero attached hydrogens (tertiary/aromatic N) is 2. The Morgan fingerprint density at radius 3 is 2.55 bits per heavy atom. The minimum atomic E-state index is -4.75. The summed E-state index contributed by atoms with van der Waals surface area (Å²) in [5.41, 5.74) is 2.93. The number of rotatable bonds is 5. The van der Waals surface area contributed by atoms with Crippen molar-refractivity contribution < 1.29 is 27.8 Å². The van der Waals surface area contributed by atoms with Crippen molar-refractivity contribution in [2.75, 3.05) is 5.32 Å². The lowest BCUT2D eigenvalue weighted by Crippen LogP contribution is -2.25.